The van der Waals surface area contributed by atoms with Crippen molar-refractivity contribution >= 4 is 22.6 Å². The molecule has 0 N–H and O–H groups in total. The lowest BCUT2D eigenvalue weighted by Gasteiger charge is -2.08. The first-order valence-electron chi connectivity index (χ1n) is 4.12. The molecule has 0 unspecified atom stereocenters. The van der Waals surface area contributed by atoms with E-state index in [1.54, 1.807) is 0 Å². The first-order chi connectivity index (χ1) is 7.48. The highest BCUT2D eigenvalue weighted by atomic mass is 127. The summed E-state index contributed by atoms with van der Waals surface area (Å²) in [7, 11) is 0. The number of alkyl halides is 3. The van der Waals surface area contributed by atoms with Crippen LogP contribution in [0.15, 0.2) is 29.1 Å². The van der Waals surface area contributed by atoms with Gasteiger partial charge in [0.15, 0.2) is 0 Å². The van der Waals surface area contributed by atoms with Gasteiger partial charge in [-0.25, -0.2) is 0 Å². The summed E-state index contributed by atoms with van der Waals surface area (Å²) in [5, 5.41) is 3.51. The molecular formula is C9H4F3IN2O. The van der Waals surface area contributed by atoms with Crippen molar-refractivity contribution < 1.29 is 17.7 Å². The molecule has 0 saturated carbocycles. The van der Waals surface area contributed by atoms with Crippen LogP contribution in [0.5, 0.6) is 0 Å². The van der Waals surface area contributed by atoms with E-state index in [1.807, 2.05) is 22.6 Å². The molecule has 0 amide bonds. The molecule has 0 saturated heterocycles. The first-order valence-corrected chi connectivity index (χ1v) is 5.20. The molecule has 1 heterocycles. The Kier molecular flexibility index (Phi) is 2.87. The average molecular weight is 340 g/mol. The second-order valence-electron chi connectivity index (χ2n) is 2.95. The molecule has 2 rings (SSSR count). The summed E-state index contributed by atoms with van der Waals surface area (Å²) < 4.78 is 42.6. The normalized spacial score (nSPS) is 11.8. The quantitative estimate of drug-likeness (QED) is 0.748. The molecule has 0 bridgehead atoms. The van der Waals surface area contributed by atoms with Gasteiger partial charge in [-0.2, -0.15) is 18.2 Å². The SMILES string of the molecule is FC(F)(F)c1ccc(I)c(-c2ncon2)c1. The number of hydrogen-bond acceptors (Lipinski definition) is 3. The van der Waals surface area contributed by atoms with E-state index in [4.69, 9.17) is 0 Å². The van der Waals surface area contributed by atoms with Crippen molar-refractivity contribution in [2.75, 3.05) is 0 Å². The Morgan fingerprint density at radius 2 is 2.00 bits per heavy atom. The molecule has 0 fully saturated rings. The monoisotopic (exact) mass is 340 g/mol. The van der Waals surface area contributed by atoms with E-state index in [0.29, 0.717) is 9.13 Å². The summed E-state index contributed by atoms with van der Waals surface area (Å²) in [5.74, 6) is 0.149. The molecule has 1 aromatic heterocycles. The van der Waals surface area contributed by atoms with Gasteiger partial charge in [0.05, 0.1) is 5.56 Å². The standard InChI is InChI=1S/C9H4F3IN2O/c10-9(11,12)5-1-2-7(13)6(3-5)8-14-4-16-15-8/h1-4H. The largest absolute Gasteiger partial charge is 0.416 e. The van der Waals surface area contributed by atoms with E-state index >= 15 is 0 Å². The smallest absolute Gasteiger partial charge is 0.342 e. The lowest BCUT2D eigenvalue weighted by molar-refractivity contribution is -0.137. The number of nitrogens with zero attached hydrogens (tertiary/aromatic N) is 2. The van der Waals surface area contributed by atoms with Gasteiger partial charge in [0.1, 0.15) is 0 Å². The molecule has 7 heteroatoms. The average Bonchev–Trinajstić information content (AvgIpc) is 2.69. The van der Waals surface area contributed by atoms with E-state index in [0.717, 1.165) is 18.5 Å². The fraction of sp³-hybridized carbons (Fsp3) is 0.111. The van der Waals surface area contributed by atoms with Gasteiger partial charge < -0.3 is 4.52 Å². The second-order valence-corrected chi connectivity index (χ2v) is 4.11. The van der Waals surface area contributed by atoms with Crippen LogP contribution in [0.4, 0.5) is 13.2 Å². The fourth-order valence-electron chi connectivity index (χ4n) is 1.16. The number of aromatic nitrogens is 2. The van der Waals surface area contributed by atoms with Crippen molar-refractivity contribution in [1.82, 2.24) is 10.1 Å². The summed E-state index contributed by atoms with van der Waals surface area (Å²) in [6, 6.07) is 3.40. The Hall–Kier alpha value is -1.12. The third-order valence-electron chi connectivity index (χ3n) is 1.90. The molecule has 0 spiro atoms. The topological polar surface area (TPSA) is 38.9 Å². The molecule has 16 heavy (non-hydrogen) atoms. The van der Waals surface area contributed by atoms with Crippen molar-refractivity contribution in [3.8, 4) is 11.4 Å². The summed E-state index contributed by atoms with van der Waals surface area (Å²) in [4.78, 5) is 3.72. The maximum absolute atomic E-state index is 12.5. The van der Waals surface area contributed by atoms with Crippen molar-refractivity contribution in [2.24, 2.45) is 0 Å². The molecule has 0 aliphatic carbocycles. The number of benzene rings is 1. The van der Waals surface area contributed by atoms with E-state index in [9.17, 15) is 13.2 Å². The minimum Gasteiger partial charge on any atom is -0.342 e. The summed E-state index contributed by atoms with van der Waals surface area (Å²) in [5.41, 5.74) is -0.420. The Balaban J connectivity index is 2.54. The molecule has 84 valence electrons. The van der Waals surface area contributed by atoms with E-state index in [-0.39, 0.29) is 5.82 Å². The van der Waals surface area contributed by atoms with Gasteiger partial charge >= 0.3 is 6.18 Å². The highest BCUT2D eigenvalue weighted by molar-refractivity contribution is 14.1. The van der Waals surface area contributed by atoms with Crippen LogP contribution in [0.3, 0.4) is 0 Å². The van der Waals surface area contributed by atoms with Crippen LogP contribution in [0.25, 0.3) is 11.4 Å². The zero-order chi connectivity index (χ0) is 11.8. The molecular weight excluding hydrogens is 336 g/mol. The van der Waals surface area contributed by atoms with Crippen LogP contribution < -0.4 is 0 Å². The van der Waals surface area contributed by atoms with Gasteiger partial charge in [0, 0.05) is 9.13 Å². The predicted molar refractivity (Wildman–Crippen MR) is 57.5 cm³/mol. The van der Waals surface area contributed by atoms with Crippen LogP contribution in [-0.2, 0) is 6.18 Å². The zero-order valence-electron chi connectivity index (χ0n) is 7.62. The molecule has 0 aliphatic rings. The molecule has 0 aliphatic heterocycles. The highest BCUT2D eigenvalue weighted by Crippen LogP contribution is 2.33. The number of rotatable bonds is 1. The third-order valence-corrected chi connectivity index (χ3v) is 2.84. The van der Waals surface area contributed by atoms with Gasteiger partial charge in [-0.05, 0) is 40.8 Å². The molecule has 1 aromatic carbocycles. The van der Waals surface area contributed by atoms with Crippen molar-refractivity contribution in [2.45, 2.75) is 6.18 Å². The Labute approximate surface area is 102 Å². The van der Waals surface area contributed by atoms with Gasteiger partial charge in [0.2, 0.25) is 12.2 Å². The molecule has 0 atom stereocenters. The van der Waals surface area contributed by atoms with Gasteiger partial charge in [-0.1, -0.05) is 5.16 Å². The third kappa shape index (κ3) is 2.18. The summed E-state index contributed by atoms with van der Waals surface area (Å²) in [6.07, 6.45) is -3.30. The van der Waals surface area contributed by atoms with Crippen LogP contribution in [0.2, 0.25) is 0 Å². The van der Waals surface area contributed by atoms with E-state index < -0.39 is 11.7 Å². The first kappa shape index (κ1) is 11.4. The summed E-state index contributed by atoms with van der Waals surface area (Å²) in [6.45, 7) is 0. The number of hydrogen-bond donors (Lipinski definition) is 0. The summed E-state index contributed by atoms with van der Waals surface area (Å²) >= 11 is 1.92. The Morgan fingerprint density at radius 1 is 1.25 bits per heavy atom. The minimum atomic E-state index is -4.37. The van der Waals surface area contributed by atoms with Crippen LogP contribution in [0.1, 0.15) is 5.56 Å². The fourth-order valence-corrected chi connectivity index (χ4v) is 1.74. The van der Waals surface area contributed by atoms with Gasteiger partial charge in [-0.15, -0.1) is 0 Å². The van der Waals surface area contributed by atoms with Crippen LogP contribution in [-0.4, -0.2) is 10.1 Å². The van der Waals surface area contributed by atoms with Crippen LogP contribution in [0, 0.1) is 3.57 Å². The zero-order valence-corrected chi connectivity index (χ0v) is 9.78. The number of halogens is 4. The highest BCUT2D eigenvalue weighted by Gasteiger charge is 2.31. The lowest BCUT2D eigenvalue weighted by Crippen LogP contribution is -2.05. The van der Waals surface area contributed by atoms with E-state index in [1.165, 1.54) is 6.07 Å². The minimum absolute atomic E-state index is 0.149. The maximum Gasteiger partial charge on any atom is 0.416 e. The molecule has 3 nitrogen and oxygen atoms in total. The van der Waals surface area contributed by atoms with Gasteiger partial charge in [0.25, 0.3) is 0 Å². The molecule has 0 radical (unpaired) electrons. The van der Waals surface area contributed by atoms with Crippen molar-refractivity contribution in [3.05, 3.63) is 33.7 Å². The maximum atomic E-state index is 12.5. The Morgan fingerprint density at radius 3 is 2.56 bits per heavy atom. The predicted octanol–water partition coefficient (Wildman–Crippen LogP) is 3.36. The second kappa shape index (κ2) is 4.04. The van der Waals surface area contributed by atoms with Gasteiger partial charge in [-0.3, -0.25) is 0 Å². The van der Waals surface area contributed by atoms with Crippen molar-refractivity contribution in [1.29, 1.82) is 0 Å². The van der Waals surface area contributed by atoms with E-state index in [2.05, 4.69) is 14.7 Å². The van der Waals surface area contributed by atoms with Crippen molar-refractivity contribution in [3.63, 3.8) is 0 Å². The molecule has 2 aromatic rings. The Bertz CT molecular complexity index is 496. The lowest BCUT2D eigenvalue weighted by atomic mass is 10.1. The van der Waals surface area contributed by atoms with Crippen LogP contribution >= 0.6 is 22.6 Å².